The molecule has 0 bridgehead atoms. The Hall–Kier alpha value is -3.18. The van der Waals surface area contributed by atoms with Gasteiger partial charge in [-0.1, -0.05) is 18.2 Å². The molecule has 0 aliphatic carbocycles. The molecule has 0 aliphatic heterocycles. The van der Waals surface area contributed by atoms with Crippen LogP contribution in [0.25, 0.3) is 11.3 Å². The van der Waals surface area contributed by atoms with Gasteiger partial charge >= 0.3 is 6.18 Å². The van der Waals surface area contributed by atoms with Crippen molar-refractivity contribution < 1.29 is 26.6 Å². The SMILES string of the molecule is CC(C(=O)NCc1ccc(C(F)(F)F)nc1-c1cccnc1)c1ccc(CNS(C)=O)c(F)c1. The van der Waals surface area contributed by atoms with E-state index in [9.17, 15) is 26.6 Å². The average Bonchev–Trinajstić information content (AvgIpc) is 2.81. The highest BCUT2D eigenvalue weighted by Crippen LogP contribution is 2.31. The molecule has 0 aliphatic rings. The normalized spacial score (nSPS) is 13.4. The van der Waals surface area contributed by atoms with Crippen LogP contribution in [0.5, 0.6) is 0 Å². The Labute approximate surface area is 196 Å². The molecule has 0 saturated heterocycles. The van der Waals surface area contributed by atoms with Crippen molar-refractivity contribution in [1.82, 2.24) is 20.0 Å². The van der Waals surface area contributed by atoms with Gasteiger partial charge in [-0.3, -0.25) is 9.78 Å². The maximum atomic E-state index is 14.4. The summed E-state index contributed by atoms with van der Waals surface area (Å²) in [7, 11) is -1.29. The molecule has 2 heterocycles. The summed E-state index contributed by atoms with van der Waals surface area (Å²) < 4.78 is 67.6. The van der Waals surface area contributed by atoms with Crippen LogP contribution in [0.1, 0.15) is 35.2 Å². The molecule has 0 saturated carbocycles. The minimum Gasteiger partial charge on any atom is -0.351 e. The zero-order chi connectivity index (χ0) is 24.9. The van der Waals surface area contributed by atoms with Gasteiger partial charge in [0.05, 0.1) is 22.6 Å². The first-order valence-electron chi connectivity index (χ1n) is 10.2. The summed E-state index contributed by atoms with van der Waals surface area (Å²) in [5.74, 6) is -1.70. The topological polar surface area (TPSA) is 84.0 Å². The van der Waals surface area contributed by atoms with E-state index < -0.39 is 40.5 Å². The quantitative estimate of drug-likeness (QED) is 0.462. The van der Waals surface area contributed by atoms with Gasteiger partial charge in [0.25, 0.3) is 0 Å². The Balaban J connectivity index is 1.76. The molecule has 0 spiro atoms. The van der Waals surface area contributed by atoms with Crippen LogP contribution in [0.4, 0.5) is 17.6 Å². The lowest BCUT2D eigenvalue weighted by Gasteiger charge is -2.16. The number of rotatable bonds is 8. The molecule has 180 valence electrons. The van der Waals surface area contributed by atoms with Crippen LogP contribution >= 0.6 is 0 Å². The van der Waals surface area contributed by atoms with Gasteiger partial charge < -0.3 is 5.32 Å². The van der Waals surface area contributed by atoms with E-state index in [1.807, 2.05) is 0 Å². The number of hydrogen-bond acceptors (Lipinski definition) is 4. The molecule has 2 N–H and O–H groups in total. The molecule has 0 radical (unpaired) electrons. The molecule has 3 aromatic rings. The molecule has 6 nitrogen and oxygen atoms in total. The minimum absolute atomic E-state index is 0.0621. The number of nitrogens with zero attached hydrogens (tertiary/aromatic N) is 2. The summed E-state index contributed by atoms with van der Waals surface area (Å²) in [6, 6.07) is 9.63. The van der Waals surface area contributed by atoms with Gasteiger partial charge in [0.1, 0.15) is 11.5 Å². The van der Waals surface area contributed by atoms with Crippen molar-refractivity contribution in [3.05, 3.63) is 83.1 Å². The number of carbonyl (C=O) groups excluding carboxylic acids is 1. The maximum Gasteiger partial charge on any atom is 0.433 e. The summed E-state index contributed by atoms with van der Waals surface area (Å²) in [5.41, 5.74) is 0.503. The van der Waals surface area contributed by atoms with E-state index in [4.69, 9.17) is 0 Å². The standard InChI is InChI=1S/C23H22F4N4O2S/c1-14(15-5-6-16(19(24)10-15)13-30-34(2)33)22(32)29-12-18-7-8-20(23(25,26)27)31-21(18)17-4-3-9-28-11-17/h3-11,14,30H,12-13H2,1-2H3,(H,29,32). The van der Waals surface area contributed by atoms with Gasteiger partial charge in [0.2, 0.25) is 5.91 Å². The van der Waals surface area contributed by atoms with E-state index in [0.29, 0.717) is 22.3 Å². The third-order valence-electron chi connectivity index (χ3n) is 5.09. The third-order valence-corrected chi connectivity index (χ3v) is 5.64. The van der Waals surface area contributed by atoms with Crippen LogP contribution < -0.4 is 10.0 Å². The number of carbonyl (C=O) groups is 1. The number of alkyl halides is 3. The Kier molecular flexibility index (Phi) is 8.11. The van der Waals surface area contributed by atoms with Crippen molar-refractivity contribution in [2.75, 3.05) is 6.26 Å². The number of hydrogen-bond donors (Lipinski definition) is 2. The molecule has 0 fully saturated rings. The van der Waals surface area contributed by atoms with Crippen LogP contribution in [0.3, 0.4) is 0 Å². The van der Waals surface area contributed by atoms with Crippen LogP contribution in [0.2, 0.25) is 0 Å². The van der Waals surface area contributed by atoms with Gasteiger partial charge in [-0.25, -0.2) is 18.3 Å². The van der Waals surface area contributed by atoms with Crippen molar-refractivity contribution in [1.29, 1.82) is 0 Å². The lowest BCUT2D eigenvalue weighted by molar-refractivity contribution is -0.141. The summed E-state index contributed by atoms with van der Waals surface area (Å²) in [6.07, 6.45) is -0.304. The number of halogens is 4. The molecular formula is C23H22F4N4O2S. The molecule has 3 rings (SSSR count). The summed E-state index contributed by atoms with van der Waals surface area (Å²) in [4.78, 5) is 20.4. The second-order valence-electron chi connectivity index (χ2n) is 7.51. The fourth-order valence-corrected chi connectivity index (χ4v) is 3.54. The smallest absolute Gasteiger partial charge is 0.351 e. The van der Waals surface area contributed by atoms with Crippen LogP contribution in [-0.4, -0.2) is 26.3 Å². The molecule has 1 amide bonds. The van der Waals surface area contributed by atoms with Gasteiger partial charge in [-0.05, 0) is 42.3 Å². The number of amides is 1. The second-order valence-corrected chi connectivity index (χ2v) is 8.71. The third kappa shape index (κ3) is 6.45. The Bertz CT molecular complexity index is 1190. The largest absolute Gasteiger partial charge is 0.433 e. The molecule has 2 unspecified atom stereocenters. The van der Waals surface area contributed by atoms with E-state index in [-0.39, 0.29) is 18.8 Å². The molecular weight excluding hydrogens is 472 g/mol. The molecule has 2 atom stereocenters. The molecule has 2 aromatic heterocycles. The highest BCUT2D eigenvalue weighted by atomic mass is 32.2. The van der Waals surface area contributed by atoms with E-state index in [1.165, 1.54) is 36.8 Å². The Morgan fingerprint density at radius 3 is 2.47 bits per heavy atom. The van der Waals surface area contributed by atoms with E-state index >= 15 is 0 Å². The minimum atomic E-state index is -4.62. The number of benzene rings is 1. The maximum absolute atomic E-state index is 14.4. The van der Waals surface area contributed by atoms with E-state index in [0.717, 1.165) is 6.07 Å². The average molecular weight is 495 g/mol. The number of aromatic nitrogens is 2. The number of nitrogens with one attached hydrogen (secondary N) is 2. The zero-order valence-electron chi connectivity index (χ0n) is 18.3. The van der Waals surface area contributed by atoms with E-state index in [2.05, 4.69) is 20.0 Å². The van der Waals surface area contributed by atoms with Crippen molar-refractivity contribution in [3.8, 4) is 11.3 Å². The highest BCUT2D eigenvalue weighted by molar-refractivity contribution is 7.82. The first-order chi connectivity index (χ1) is 16.1. The summed E-state index contributed by atoms with van der Waals surface area (Å²) >= 11 is 0. The van der Waals surface area contributed by atoms with Crippen LogP contribution in [-0.2, 0) is 35.0 Å². The predicted molar refractivity (Wildman–Crippen MR) is 120 cm³/mol. The molecule has 1 aromatic carbocycles. The van der Waals surface area contributed by atoms with Gasteiger partial charge in [-0.2, -0.15) is 13.2 Å². The summed E-state index contributed by atoms with van der Waals surface area (Å²) in [5, 5.41) is 2.68. The lowest BCUT2D eigenvalue weighted by atomic mass is 9.98. The summed E-state index contributed by atoms with van der Waals surface area (Å²) in [6.45, 7) is 1.59. The van der Waals surface area contributed by atoms with Crippen molar-refractivity contribution in [3.63, 3.8) is 0 Å². The first-order valence-corrected chi connectivity index (χ1v) is 11.7. The van der Waals surface area contributed by atoms with Gasteiger partial charge in [0.15, 0.2) is 0 Å². The number of pyridine rings is 2. The Morgan fingerprint density at radius 2 is 1.85 bits per heavy atom. The van der Waals surface area contributed by atoms with Crippen LogP contribution in [0.15, 0.2) is 54.9 Å². The fourth-order valence-electron chi connectivity index (χ4n) is 3.18. The monoisotopic (exact) mass is 494 g/mol. The lowest BCUT2D eigenvalue weighted by Crippen LogP contribution is -2.28. The van der Waals surface area contributed by atoms with Gasteiger partial charge in [0, 0.05) is 42.9 Å². The molecule has 11 heteroatoms. The van der Waals surface area contributed by atoms with E-state index in [1.54, 1.807) is 25.1 Å². The predicted octanol–water partition coefficient (Wildman–Crippen LogP) is 4.10. The second kappa shape index (κ2) is 10.8. The van der Waals surface area contributed by atoms with Crippen LogP contribution in [0, 0.1) is 5.82 Å². The fraction of sp³-hybridized carbons (Fsp3) is 0.261. The van der Waals surface area contributed by atoms with Crippen molar-refractivity contribution in [2.45, 2.75) is 32.1 Å². The first kappa shape index (κ1) is 25.4. The molecule has 34 heavy (non-hydrogen) atoms. The Morgan fingerprint density at radius 1 is 1.12 bits per heavy atom. The van der Waals surface area contributed by atoms with Crippen molar-refractivity contribution in [2.24, 2.45) is 0 Å². The zero-order valence-corrected chi connectivity index (χ0v) is 19.1. The van der Waals surface area contributed by atoms with Gasteiger partial charge in [-0.15, -0.1) is 0 Å². The van der Waals surface area contributed by atoms with Crippen molar-refractivity contribution >= 4 is 16.9 Å². The highest BCUT2D eigenvalue weighted by Gasteiger charge is 2.33.